The van der Waals surface area contributed by atoms with E-state index in [9.17, 15) is 4.79 Å². The average molecular weight is 458 g/mol. The van der Waals surface area contributed by atoms with E-state index in [1.165, 1.54) is 0 Å². The Hall–Kier alpha value is -3.29. The summed E-state index contributed by atoms with van der Waals surface area (Å²) >= 11 is 1.60. The highest BCUT2D eigenvalue weighted by Crippen LogP contribution is 2.35. The Morgan fingerprint density at radius 3 is 2.55 bits per heavy atom. The molecule has 1 fully saturated rings. The second kappa shape index (κ2) is 8.57. The van der Waals surface area contributed by atoms with Crippen molar-refractivity contribution in [2.24, 2.45) is 0 Å². The molecule has 0 spiro atoms. The predicted molar refractivity (Wildman–Crippen MR) is 135 cm³/mol. The summed E-state index contributed by atoms with van der Waals surface area (Å²) in [6, 6.07) is 18.5. The number of fused-ring (bicyclic) bond motifs is 1. The van der Waals surface area contributed by atoms with Gasteiger partial charge in [-0.05, 0) is 56.8 Å². The summed E-state index contributed by atoms with van der Waals surface area (Å²) in [5, 5.41) is 0.843. The maximum absolute atomic E-state index is 13.3. The number of hydrogen-bond donors (Lipinski definition) is 1. The summed E-state index contributed by atoms with van der Waals surface area (Å²) in [5.74, 6) is 0.517. The van der Waals surface area contributed by atoms with Crippen LogP contribution in [0.5, 0.6) is 0 Å². The van der Waals surface area contributed by atoms with Crippen LogP contribution in [-0.2, 0) is 0 Å². The van der Waals surface area contributed by atoms with Crippen molar-refractivity contribution < 1.29 is 4.79 Å². The molecule has 5 rings (SSSR count). The van der Waals surface area contributed by atoms with E-state index in [0.29, 0.717) is 23.5 Å². The normalized spacial score (nSPS) is 19.2. The molecular weight excluding hydrogens is 430 g/mol. The van der Waals surface area contributed by atoms with Crippen LogP contribution in [0.15, 0.2) is 60.8 Å². The SMILES string of the molecule is CC1CN(C(=O)c2cccc(-c3cnc(N)c(-c4nc5ccccc5s4)c3)c2)CC(C)N1C. The van der Waals surface area contributed by atoms with Crippen molar-refractivity contribution in [1.29, 1.82) is 0 Å². The van der Waals surface area contributed by atoms with E-state index in [2.05, 4.69) is 36.8 Å². The minimum absolute atomic E-state index is 0.0680. The molecule has 0 saturated carbocycles. The van der Waals surface area contributed by atoms with Crippen molar-refractivity contribution in [3.63, 3.8) is 0 Å². The van der Waals surface area contributed by atoms with Crippen LogP contribution in [0.4, 0.5) is 5.82 Å². The van der Waals surface area contributed by atoms with Crippen molar-refractivity contribution in [2.75, 3.05) is 25.9 Å². The van der Waals surface area contributed by atoms with Crippen LogP contribution in [0.3, 0.4) is 0 Å². The molecule has 2 unspecified atom stereocenters. The van der Waals surface area contributed by atoms with Crippen LogP contribution in [0, 0.1) is 0 Å². The van der Waals surface area contributed by atoms with Gasteiger partial charge in [0.1, 0.15) is 10.8 Å². The van der Waals surface area contributed by atoms with Gasteiger partial charge in [0, 0.05) is 42.5 Å². The number of hydrogen-bond acceptors (Lipinski definition) is 6. The van der Waals surface area contributed by atoms with Crippen molar-refractivity contribution in [1.82, 2.24) is 19.8 Å². The summed E-state index contributed by atoms with van der Waals surface area (Å²) in [6.45, 7) is 5.79. The van der Waals surface area contributed by atoms with E-state index in [-0.39, 0.29) is 5.91 Å². The first-order valence-electron chi connectivity index (χ1n) is 11.1. The lowest BCUT2D eigenvalue weighted by molar-refractivity contribution is 0.0414. The molecule has 0 bridgehead atoms. The van der Waals surface area contributed by atoms with Crippen LogP contribution in [0.25, 0.3) is 31.9 Å². The van der Waals surface area contributed by atoms with Crippen molar-refractivity contribution >= 4 is 33.3 Å². The molecule has 1 amide bonds. The van der Waals surface area contributed by atoms with Crippen LogP contribution < -0.4 is 5.73 Å². The van der Waals surface area contributed by atoms with Gasteiger partial charge in [0.2, 0.25) is 0 Å². The highest BCUT2D eigenvalue weighted by Gasteiger charge is 2.29. The number of thiazole rings is 1. The average Bonchev–Trinajstić information content (AvgIpc) is 3.26. The second-order valence-corrected chi connectivity index (χ2v) is 9.83. The highest BCUT2D eigenvalue weighted by atomic mass is 32.1. The number of benzene rings is 2. The van der Waals surface area contributed by atoms with Crippen molar-refractivity contribution in [3.8, 4) is 21.7 Å². The van der Waals surface area contributed by atoms with Gasteiger partial charge in [-0.15, -0.1) is 11.3 Å². The molecule has 33 heavy (non-hydrogen) atoms. The number of amides is 1. The Kier molecular flexibility index (Phi) is 5.60. The monoisotopic (exact) mass is 457 g/mol. The number of pyridine rings is 1. The van der Waals surface area contributed by atoms with Gasteiger partial charge >= 0.3 is 0 Å². The number of anilines is 1. The van der Waals surface area contributed by atoms with E-state index in [0.717, 1.165) is 45.0 Å². The van der Waals surface area contributed by atoms with Gasteiger partial charge in [-0.1, -0.05) is 24.3 Å². The Morgan fingerprint density at radius 1 is 1.03 bits per heavy atom. The number of carbonyl (C=O) groups excluding carboxylic acids is 1. The zero-order valence-electron chi connectivity index (χ0n) is 19.0. The quantitative estimate of drug-likeness (QED) is 0.480. The molecule has 1 aliphatic rings. The fraction of sp³-hybridized carbons (Fsp3) is 0.269. The standard InChI is InChI=1S/C26H27N5OS/c1-16-14-31(15-17(2)30(16)3)26(32)19-8-6-7-18(11-19)20-12-21(24(27)28-13-20)25-29-22-9-4-5-10-23(22)33-25/h4-13,16-17H,14-15H2,1-3H3,(H2,27,28). The lowest BCUT2D eigenvalue weighted by Gasteiger charge is -2.42. The van der Waals surface area contributed by atoms with Gasteiger partial charge < -0.3 is 10.6 Å². The molecule has 168 valence electrons. The number of rotatable bonds is 3. The summed E-state index contributed by atoms with van der Waals surface area (Å²) in [4.78, 5) is 26.7. The van der Waals surface area contributed by atoms with E-state index in [1.54, 1.807) is 17.5 Å². The third kappa shape index (κ3) is 4.10. The molecule has 6 nitrogen and oxygen atoms in total. The number of nitrogen functional groups attached to an aromatic ring is 1. The minimum Gasteiger partial charge on any atom is -0.383 e. The Labute approximate surface area is 197 Å². The third-order valence-corrected chi connectivity index (χ3v) is 7.60. The molecule has 2 atom stereocenters. The molecule has 4 aromatic rings. The molecule has 2 aromatic heterocycles. The number of para-hydroxylation sites is 1. The smallest absolute Gasteiger partial charge is 0.253 e. The topological polar surface area (TPSA) is 75.3 Å². The second-order valence-electron chi connectivity index (χ2n) is 8.80. The lowest BCUT2D eigenvalue weighted by Crippen LogP contribution is -2.56. The Morgan fingerprint density at radius 2 is 1.79 bits per heavy atom. The highest BCUT2D eigenvalue weighted by molar-refractivity contribution is 7.21. The van der Waals surface area contributed by atoms with E-state index < -0.39 is 0 Å². The van der Waals surface area contributed by atoms with Crippen LogP contribution in [-0.4, -0.2) is 57.9 Å². The van der Waals surface area contributed by atoms with Crippen LogP contribution in [0.2, 0.25) is 0 Å². The molecular formula is C26H27N5OS. The molecule has 7 heteroatoms. The van der Waals surface area contributed by atoms with Gasteiger partial charge in [-0.25, -0.2) is 9.97 Å². The third-order valence-electron chi connectivity index (χ3n) is 6.53. The van der Waals surface area contributed by atoms with Gasteiger partial charge in [0.05, 0.1) is 15.8 Å². The number of aromatic nitrogens is 2. The van der Waals surface area contributed by atoms with E-state index in [4.69, 9.17) is 10.7 Å². The summed E-state index contributed by atoms with van der Waals surface area (Å²) in [6.07, 6.45) is 1.76. The number of likely N-dealkylation sites (N-methyl/N-ethyl adjacent to an activating group) is 1. The molecule has 2 N–H and O–H groups in total. The molecule has 0 aliphatic carbocycles. The lowest BCUT2D eigenvalue weighted by atomic mass is 10.0. The molecule has 0 radical (unpaired) electrons. The fourth-order valence-electron chi connectivity index (χ4n) is 4.38. The van der Waals surface area contributed by atoms with Gasteiger partial charge in [0.15, 0.2) is 0 Å². The van der Waals surface area contributed by atoms with E-state index in [1.807, 2.05) is 53.4 Å². The Bertz CT molecular complexity index is 1290. The van der Waals surface area contributed by atoms with Gasteiger partial charge in [0.25, 0.3) is 5.91 Å². The van der Waals surface area contributed by atoms with Crippen LogP contribution in [0.1, 0.15) is 24.2 Å². The van der Waals surface area contributed by atoms with Gasteiger partial charge in [-0.2, -0.15) is 0 Å². The number of nitrogens with two attached hydrogens (primary N) is 1. The number of nitrogens with zero attached hydrogens (tertiary/aromatic N) is 4. The maximum Gasteiger partial charge on any atom is 0.253 e. The Balaban J connectivity index is 1.46. The first kappa shape index (κ1) is 21.6. The van der Waals surface area contributed by atoms with E-state index >= 15 is 0 Å². The van der Waals surface area contributed by atoms with Crippen molar-refractivity contribution in [2.45, 2.75) is 25.9 Å². The molecule has 1 saturated heterocycles. The first-order valence-corrected chi connectivity index (χ1v) is 12.0. The number of piperazine rings is 1. The molecule has 3 heterocycles. The zero-order chi connectivity index (χ0) is 23.1. The molecule has 1 aliphatic heterocycles. The fourth-order valence-corrected chi connectivity index (χ4v) is 5.37. The first-order chi connectivity index (χ1) is 15.9. The predicted octanol–water partition coefficient (Wildman–Crippen LogP) is 4.77. The molecule has 2 aromatic carbocycles. The van der Waals surface area contributed by atoms with Crippen LogP contribution >= 0.6 is 11.3 Å². The van der Waals surface area contributed by atoms with Gasteiger partial charge in [-0.3, -0.25) is 9.69 Å². The summed E-state index contributed by atoms with van der Waals surface area (Å²) in [7, 11) is 2.12. The maximum atomic E-state index is 13.3. The van der Waals surface area contributed by atoms with Crippen molar-refractivity contribution in [3.05, 3.63) is 66.4 Å². The largest absolute Gasteiger partial charge is 0.383 e. The zero-order valence-corrected chi connectivity index (χ0v) is 19.8. The summed E-state index contributed by atoms with van der Waals surface area (Å²) < 4.78 is 1.11. The summed E-state index contributed by atoms with van der Waals surface area (Å²) in [5.41, 5.74) is 10.5. The minimum atomic E-state index is 0.0680. The number of carbonyl (C=O) groups is 1.